The van der Waals surface area contributed by atoms with Gasteiger partial charge in [0.15, 0.2) is 6.61 Å². The van der Waals surface area contributed by atoms with Crippen molar-refractivity contribution in [1.82, 2.24) is 0 Å². The van der Waals surface area contributed by atoms with E-state index in [0.29, 0.717) is 12.4 Å². The number of esters is 1. The molecule has 1 atom stereocenters. The van der Waals surface area contributed by atoms with Gasteiger partial charge < -0.3 is 14.2 Å². The Morgan fingerprint density at radius 3 is 2.61 bits per heavy atom. The molecule has 0 fully saturated rings. The first kappa shape index (κ1) is 21.9. The highest BCUT2D eigenvalue weighted by Gasteiger charge is 2.17. The first-order valence-corrected chi connectivity index (χ1v) is 9.86. The number of aryl methyl sites for hydroxylation is 1. The van der Waals surface area contributed by atoms with Crippen molar-refractivity contribution in [3.05, 3.63) is 53.1 Å². The van der Waals surface area contributed by atoms with E-state index in [9.17, 15) is 4.79 Å². The summed E-state index contributed by atoms with van der Waals surface area (Å²) in [6, 6.07) is 11.6. The largest absolute Gasteiger partial charge is 0.486 e. The molecule has 2 aromatic carbocycles. The van der Waals surface area contributed by atoms with Crippen LogP contribution in [-0.4, -0.2) is 27.0 Å². The molecule has 2 rings (SSSR count). The standard InChI is InChI=1S/C23H29BO4/c1-5-7-11-22(19-9-8-10-20(24)17(19)4)28-18-12-13-21(16(3)14-18)27-15-23(25)26-6-2/h8-10,12-14,22H,5-7,11,15H2,1-4H3. The molecular formula is C23H29BO4. The molecule has 5 heteroatoms. The second kappa shape index (κ2) is 10.8. The first-order valence-electron chi connectivity index (χ1n) is 9.86. The minimum absolute atomic E-state index is 0.0610. The molecule has 2 radical (unpaired) electrons. The van der Waals surface area contributed by atoms with Gasteiger partial charge in [0, 0.05) is 0 Å². The monoisotopic (exact) mass is 380 g/mol. The smallest absolute Gasteiger partial charge is 0.344 e. The second-order valence-corrected chi connectivity index (χ2v) is 6.83. The van der Waals surface area contributed by atoms with Crippen molar-refractivity contribution >= 4 is 19.3 Å². The van der Waals surface area contributed by atoms with Gasteiger partial charge in [-0.25, -0.2) is 4.79 Å². The zero-order valence-corrected chi connectivity index (χ0v) is 17.3. The third kappa shape index (κ3) is 6.05. The van der Waals surface area contributed by atoms with Crippen molar-refractivity contribution in [2.45, 2.75) is 53.1 Å². The van der Waals surface area contributed by atoms with Crippen LogP contribution < -0.4 is 14.9 Å². The molecule has 0 aromatic heterocycles. The van der Waals surface area contributed by atoms with Crippen LogP contribution in [0.3, 0.4) is 0 Å². The van der Waals surface area contributed by atoms with Crippen molar-refractivity contribution in [3.8, 4) is 11.5 Å². The molecule has 0 N–H and O–H groups in total. The molecule has 0 saturated carbocycles. The average Bonchev–Trinajstić information content (AvgIpc) is 2.67. The van der Waals surface area contributed by atoms with E-state index in [1.807, 2.05) is 44.2 Å². The molecule has 0 bridgehead atoms. The molecule has 2 aromatic rings. The number of carbonyl (C=O) groups is 1. The Balaban J connectivity index is 2.14. The summed E-state index contributed by atoms with van der Waals surface area (Å²) in [5.41, 5.74) is 3.87. The summed E-state index contributed by atoms with van der Waals surface area (Å²) >= 11 is 0. The highest BCUT2D eigenvalue weighted by Crippen LogP contribution is 2.31. The number of rotatable bonds is 10. The highest BCUT2D eigenvalue weighted by atomic mass is 16.6. The van der Waals surface area contributed by atoms with Crippen LogP contribution in [0.5, 0.6) is 11.5 Å². The SMILES string of the molecule is [B]c1cccc(C(CCCC)Oc2ccc(OCC(=O)OCC)c(C)c2)c1C. The summed E-state index contributed by atoms with van der Waals surface area (Å²) in [7, 11) is 6.09. The molecular weight excluding hydrogens is 351 g/mol. The van der Waals surface area contributed by atoms with Crippen LogP contribution in [0.15, 0.2) is 36.4 Å². The van der Waals surface area contributed by atoms with Crippen LogP contribution in [0.1, 0.15) is 55.9 Å². The number of hydrogen-bond donors (Lipinski definition) is 0. The van der Waals surface area contributed by atoms with Crippen LogP contribution in [0, 0.1) is 13.8 Å². The van der Waals surface area contributed by atoms with Gasteiger partial charge in [0.2, 0.25) is 0 Å². The van der Waals surface area contributed by atoms with Gasteiger partial charge in [0.05, 0.1) is 6.61 Å². The Hall–Kier alpha value is -2.43. The quantitative estimate of drug-likeness (QED) is 0.454. The topological polar surface area (TPSA) is 44.8 Å². The molecule has 28 heavy (non-hydrogen) atoms. The van der Waals surface area contributed by atoms with E-state index in [2.05, 4.69) is 13.0 Å². The lowest BCUT2D eigenvalue weighted by Crippen LogP contribution is -2.16. The minimum atomic E-state index is -0.376. The molecule has 148 valence electrons. The molecule has 0 saturated heterocycles. The second-order valence-electron chi connectivity index (χ2n) is 6.83. The van der Waals surface area contributed by atoms with Gasteiger partial charge in [0.25, 0.3) is 0 Å². The summed E-state index contributed by atoms with van der Waals surface area (Å²) < 4.78 is 16.8. The Bertz CT molecular complexity index is 788. The summed E-state index contributed by atoms with van der Waals surface area (Å²) in [4.78, 5) is 11.5. The molecule has 1 unspecified atom stereocenters. The van der Waals surface area contributed by atoms with E-state index in [0.717, 1.165) is 47.2 Å². The van der Waals surface area contributed by atoms with Crippen LogP contribution in [0.2, 0.25) is 0 Å². The normalized spacial score (nSPS) is 11.7. The Morgan fingerprint density at radius 1 is 1.14 bits per heavy atom. The average molecular weight is 380 g/mol. The van der Waals surface area contributed by atoms with Crippen LogP contribution >= 0.6 is 0 Å². The Labute approximate surface area is 169 Å². The third-order valence-electron chi connectivity index (χ3n) is 4.66. The molecule has 4 nitrogen and oxygen atoms in total. The number of carbonyl (C=O) groups excluding carboxylic acids is 1. The lowest BCUT2D eigenvalue weighted by molar-refractivity contribution is -0.145. The fourth-order valence-corrected chi connectivity index (χ4v) is 3.05. The maximum Gasteiger partial charge on any atom is 0.344 e. The molecule has 0 aliphatic carbocycles. The Morgan fingerprint density at radius 2 is 1.93 bits per heavy atom. The zero-order valence-electron chi connectivity index (χ0n) is 17.3. The van der Waals surface area contributed by atoms with Gasteiger partial charge in [-0.2, -0.15) is 0 Å². The summed E-state index contributed by atoms with van der Waals surface area (Å²) in [6.07, 6.45) is 3.02. The zero-order chi connectivity index (χ0) is 20.5. The van der Waals surface area contributed by atoms with Crippen molar-refractivity contribution < 1.29 is 19.0 Å². The number of hydrogen-bond acceptors (Lipinski definition) is 4. The number of ether oxygens (including phenoxy) is 3. The number of benzene rings is 2. The number of unbranched alkanes of at least 4 members (excludes halogenated alkanes) is 1. The van der Waals surface area contributed by atoms with Crippen molar-refractivity contribution in [2.24, 2.45) is 0 Å². The van der Waals surface area contributed by atoms with E-state index in [4.69, 9.17) is 22.1 Å². The van der Waals surface area contributed by atoms with Crippen LogP contribution in [0.25, 0.3) is 0 Å². The maximum absolute atomic E-state index is 11.5. The van der Waals surface area contributed by atoms with Crippen LogP contribution in [0.4, 0.5) is 0 Å². The highest BCUT2D eigenvalue weighted by molar-refractivity contribution is 6.33. The molecule has 0 amide bonds. The molecule has 0 aliphatic rings. The fraction of sp³-hybridized carbons (Fsp3) is 0.435. The maximum atomic E-state index is 11.5. The van der Waals surface area contributed by atoms with E-state index in [1.54, 1.807) is 6.92 Å². The first-order chi connectivity index (χ1) is 13.5. The van der Waals surface area contributed by atoms with Crippen molar-refractivity contribution in [1.29, 1.82) is 0 Å². The minimum Gasteiger partial charge on any atom is -0.486 e. The predicted octanol–water partition coefficient (Wildman–Crippen LogP) is 4.35. The third-order valence-corrected chi connectivity index (χ3v) is 4.66. The molecule has 0 spiro atoms. The van der Waals surface area contributed by atoms with E-state index in [-0.39, 0.29) is 18.7 Å². The lowest BCUT2D eigenvalue weighted by atomic mass is 9.86. The van der Waals surface area contributed by atoms with Crippen LogP contribution in [-0.2, 0) is 9.53 Å². The fourth-order valence-electron chi connectivity index (χ4n) is 3.05. The summed E-state index contributed by atoms with van der Waals surface area (Å²) in [5.74, 6) is 1.04. The molecule has 0 aliphatic heterocycles. The summed E-state index contributed by atoms with van der Waals surface area (Å²) in [6.45, 7) is 8.15. The van der Waals surface area contributed by atoms with Gasteiger partial charge in [-0.1, -0.05) is 42.6 Å². The molecule has 0 heterocycles. The van der Waals surface area contributed by atoms with E-state index < -0.39 is 0 Å². The van der Waals surface area contributed by atoms with Gasteiger partial charge >= 0.3 is 5.97 Å². The van der Waals surface area contributed by atoms with Crippen molar-refractivity contribution in [2.75, 3.05) is 13.2 Å². The van der Waals surface area contributed by atoms with Gasteiger partial charge in [-0.15, -0.1) is 0 Å². The van der Waals surface area contributed by atoms with Gasteiger partial charge in [-0.3, -0.25) is 0 Å². The lowest BCUT2D eigenvalue weighted by Gasteiger charge is -2.23. The van der Waals surface area contributed by atoms with Crippen molar-refractivity contribution in [3.63, 3.8) is 0 Å². The summed E-state index contributed by atoms with van der Waals surface area (Å²) in [5, 5.41) is 0. The Kier molecular flexibility index (Phi) is 8.43. The van der Waals surface area contributed by atoms with E-state index >= 15 is 0 Å². The van der Waals surface area contributed by atoms with E-state index in [1.165, 1.54) is 0 Å². The van der Waals surface area contributed by atoms with Gasteiger partial charge in [-0.05, 0) is 62.9 Å². The predicted molar refractivity (Wildman–Crippen MR) is 113 cm³/mol. The van der Waals surface area contributed by atoms with Gasteiger partial charge in [0.1, 0.15) is 25.4 Å².